The van der Waals surface area contributed by atoms with Gasteiger partial charge >= 0.3 is 0 Å². The number of aromatic nitrogens is 3. The van der Waals surface area contributed by atoms with Crippen molar-refractivity contribution in [3.63, 3.8) is 0 Å². The molecule has 0 bridgehead atoms. The second kappa shape index (κ2) is 6.48. The number of rotatable bonds is 6. The minimum Gasteiger partial charge on any atom is -0.348 e. The van der Waals surface area contributed by atoms with Crippen LogP contribution < -0.4 is 5.32 Å². The molecule has 96 valence electrons. The van der Waals surface area contributed by atoms with E-state index in [1.807, 2.05) is 20.8 Å². The average molecular weight is 258 g/mol. The number of H-pyrrole nitrogens is 1. The normalized spacial score (nSPS) is 12.7. The number of nitrogens with one attached hydrogen (secondary N) is 2. The van der Waals surface area contributed by atoms with Crippen LogP contribution in [0.1, 0.15) is 43.1 Å². The Labute approximate surface area is 103 Å². The van der Waals surface area contributed by atoms with Gasteiger partial charge in [0, 0.05) is 34.8 Å². The molecule has 1 rings (SSSR count). The van der Waals surface area contributed by atoms with E-state index >= 15 is 0 Å². The second-order valence-corrected chi connectivity index (χ2v) is 5.75. The molecule has 7 heteroatoms. The Morgan fingerprint density at radius 3 is 2.76 bits per heavy atom. The molecule has 0 radical (unpaired) electrons. The Kier molecular flexibility index (Phi) is 5.27. The van der Waals surface area contributed by atoms with E-state index in [9.17, 15) is 9.00 Å². The molecule has 0 spiro atoms. The molecule has 0 aliphatic rings. The summed E-state index contributed by atoms with van der Waals surface area (Å²) >= 11 is 0. The van der Waals surface area contributed by atoms with Gasteiger partial charge in [0.2, 0.25) is 5.82 Å². The van der Waals surface area contributed by atoms with Crippen LogP contribution in [0.3, 0.4) is 0 Å². The van der Waals surface area contributed by atoms with Gasteiger partial charge in [0.25, 0.3) is 5.91 Å². The average Bonchev–Trinajstić information content (AvgIpc) is 2.78. The third-order valence-corrected chi connectivity index (χ3v) is 3.49. The van der Waals surface area contributed by atoms with Gasteiger partial charge in [-0.3, -0.25) is 14.1 Å². The highest BCUT2D eigenvalue weighted by molar-refractivity contribution is 7.84. The van der Waals surface area contributed by atoms with Gasteiger partial charge < -0.3 is 5.32 Å². The molecule has 1 amide bonds. The fourth-order valence-corrected chi connectivity index (χ4v) is 1.75. The molecule has 1 heterocycles. The molecule has 6 nitrogen and oxygen atoms in total. The van der Waals surface area contributed by atoms with Crippen LogP contribution in [0.25, 0.3) is 0 Å². The maximum Gasteiger partial charge on any atom is 0.290 e. The lowest BCUT2D eigenvalue weighted by Gasteiger charge is -2.01. The zero-order valence-electron chi connectivity index (χ0n) is 10.3. The summed E-state index contributed by atoms with van der Waals surface area (Å²) in [4.78, 5) is 15.7. The predicted molar refractivity (Wildman–Crippen MR) is 66.4 cm³/mol. The largest absolute Gasteiger partial charge is 0.348 e. The zero-order valence-corrected chi connectivity index (χ0v) is 11.1. The van der Waals surface area contributed by atoms with E-state index < -0.39 is 10.8 Å². The van der Waals surface area contributed by atoms with Crippen molar-refractivity contribution < 1.29 is 9.00 Å². The molecule has 0 aromatic carbocycles. The first-order valence-electron chi connectivity index (χ1n) is 5.60. The van der Waals surface area contributed by atoms with Crippen molar-refractivity contribution in [2.24, 2.45) is 0 Å². The van der Waals surface area contributed by atoms with Gasteiger partial charge in [0.05, 0.1) is 0 Å². The van der Waals surface area contributed by atoms with Crippen molar-refractivity contribution in [1.82, 2.24) is 20.5 Å². The van der Waals surface area contributed by atoms with Crippen LogP contribution in [0.4, 0.5) is 0 Å². The first kappa shape index (κ1) is 13.8. The van der Waals surface area contributed by atoms with E-state index in [4.69, 9.17) is 0 Å². The Balaban J connectivity index is 2.44. The highest BCUT2D eigenvalue weighted by atomic mass is 32.2. The predicted octanol–water partition coefficient (Wildman–Crippen LogP) is 0.426. The minimum absolute atomic E-state index is 0.135. The van der Waals surface area contributed by atoms with E-state index in [1.165, 1.54) is 0 Å². The standard InChI is InChI=1S/C10H18N4O2S/c1-4-17(16)6-5-11-10(15)9-12-8(7(2)3)13-14-9/h7H,4-6H2,1-3H3,(H,11,15)(H,12,13,14). The van der Waals surface area contributed by atoms with E-state index in [1.54, 1.807) is 0 Å². The number of hydrogen-bond acceptors (Lipinski definition) is 4. The van der Waals surface area contributed by atoms with Crippen molar-refractivity contribution in [3.8, 4) is 0 Å². The van der Waals surface area contributed by atoms with Crippen LogP contribution in [-0.2, 0) is 10.8 Å². The van der Waals surface area contributed by atoms with Crippen LogP contribution in [0.15, 0.2) is 0 Å². The summed E-state index contributed by atoms with van der Waals surface area (Å²) in [6, 6.07) is 0. The van der Waals surface area contributed by atoms with Gasteiger partial charge in [0.15, 0.2) is 0 Å². The van der Waals surface area contributed by atoms with E-state index in [-0.39, 0.29) is 17.6 Å². The number of carbonyl (C=O) groups is 1. The minimum atomic E-state index is -0.865. The molecule has 2 N–H and O–H groups in total. The molecular formula is C10H18N4O2S. The van der Waals surface area contributed by atoms with Crippen LogP contribution in [0.2, 0.25) is 0 Å². The molecule has 0 saturated heterocycles. The van der Waals surface area contributed by atoms with E-state index in [2.05, 4.69) is 20.5 Å². The van der Waals surface area contributed by atoms with Gasteiger partial charge in [-0.25, -0.2) is 4.98 Å². The molecule has 17 heavy (non-hydrogen) atoms. The third kappa shape index (κ3) is 4.26. The number of aromatic amines is 1. The molecule has 1 atom stereocenters. The van der Waals surface area contributed by atoms with Crippen LogP contribution in [0, 0.1) is 0 Å². The molecule has 1 aromatic heterocycles. The Morgan fingerprint density at radius 2 is 2.24 bits per heavy atom. The topological polar surface area (TPSA) is 87.7 Å². The van der Waals surface area contributed by atoms with Gasteiger partial charge in [-0.05, 0) is 0 Å². The molecule has 0 aliphatic heterocycles. The van der Waals surface area contributed by atoms with Crippen LogP contribution >= 0.6 is 0 Å². The Bertz CT molecular complexity index is 403. The van der Waals surface area contributed by atoms with Gasteiger partial charge in [0.1, 0.15) is 5.82 Å². The quantitative estimate of drug-likeness (QED) is 0.774. The lowest BCUT2D eigenvalue weighted by Crippen LogP contribution is -2.28. The fraction of sp³-hybridized carbons (Fsp3) is 0.700. The van der Waals surface area contributed by atoms with Crippen molar-refractivity contribution in [1.29, 1.82) is 0 Å². The fourth-order valence-electron chi connectivity index (χ4n) is 1.14. The maximum atomic E-state index is 11.6. The Hall–Kier alpha value is -1.24. The molecular weight excluding hydrogens is 240 g/mol. The highest BCUT2D eigenvalue weighted by Gasteiger charge is 2.13. The van der Waals surface area contributed by atoms with Crippen molar-refractivity contribution in [3.05, 3.63) is 11.6 Å². The summed E-state index contributed by atoms with van der Waals surface area (Å²) in [5.41, 5.74) is 0. The summed E-state index contributed by atoms with van der Waals surface area (Å²) in [6.45, 7) is 6.16. The molecule has 0 fully saturated rings. The number of amides is 1. The number of carbonyl (C=O) groups excluding carboxylic acids is 1. The number of hydrogen-bond donors (Lipinski definition) is 2. The molecule has 1 unspecified atom stereocenters. The third-order valence-electron chi connectivity index (χ3n) is 2.19. The van der Waals surface area contributed by atoms with Gasteiger partial charge in [-0.2, -0.15) is 0 Å². The lowest BCUT2D eigenvalue weighted by atomic mass is 10.2. The first-order valence-corrected chi connectivity index (χ1v) is 7.08. The van der Waals surface area contributed by atoms with E-state index in [0.29, 0.717) is 23.9 Å². The van der Waals surface area contributed by atoms with Crippen LogP contribution in [-0.4, -0.2) is 43.3 Å². The molecule has 0 saturated carbocycles. The van der Waals surface area contributed by atoms with Crippen molar-refractivity contribution in [2.45, 2.75) is 26.7 Å². The Morgan fingerprint density at radius 1 is 1.53 bits per heavy atom. The van der Waals surface area contributed by atoms with Crippen molar-refractivity contribution in [2.75, 3.05) is 18.1 Å². The molecule has 1 aromatic rings. The second-order valence-electron chi connectivity index (χ2n) is 3.89. The molecule has 0 aliphatic carbocycles. The highest BCUT2D eigenvalue weighted by Crippen LogP contribution is 2.07. The summed E-state index contributed by atoms with van der Waals surface area (Å²) < 4.78 is 11.1. The van der Waals surface area contributed by atoms with E-state index in [0.717, 1.165) is 0 Å². The summed E-state index contributed by atoms with van der Waals surface area (Å²) in [7, 11) is -0.865. The zero-order chi connectivity index (χ0) is 12.8. The van der Waals surface area contributed by atoms with Gasteiger partial charge in [-0.15, -0.1) is 5.10 Å². The summed E-state index contributed by atoms with van der Waals surface area (Å²) in [5.74, 6) is 1.76. The van der Waals surface area contributed by atoms with Crippen molar-refractivity contribution >= 4 is 16.7 Å². The smallest absolute Gasteiger partial charge is 0.290 e. The lowest BCUT2D eigenvalue weighted by molar-refractivity contribution is 0.0946. The van der Waals surface area contributed by atoms with Gasteiger partial charge in [-0.1, -0.05) is 20.8 Å². The SMILES string of the molecule is CCS(=O)CCNC(=O)c1n[nH]c(C(C)C)n1. The van der Waals surface area contributed by atoms with Crippen LogP contribution in [0.5, 0.6) is 0 Å². The summed E-state index contributed by atoms with van der Waals surface area (Å²) in [6.07, 6.45) is 0. The summed E-state index contributed by atoms with van der Waals surface area (Å²) in [5, 5.41) is 9.19. The first-order chi connectivity index (χ1) is 8.04. The monoisotopic (exact) mass is 258 g/mol. The number of nitrogens with zero attached hydrogens (tertiary/aromatic N) is 2. The maximum absolute atomic E-state index is 11.6.